The van der Waals surface area contributed by atoms with Crippen LogP contribution in [0.3, 0.4) is 0 Å². The van der Waals surface area contributed by atoms with E-state index in [-0.39, 0.29) is 24.9 Å². The SMILES string of the molecule is CCCCC/C=C/C=C/C=C/C=C/CCCCCC(CC(=O)NC(CO)C(O)CCCCCCCCCCCCCCC)OC(=O)CCCCCCCCCCC. The minimum atomic E-state index is -0.796. The number of ether oxygens (including phenoxy) is 1. The summed E-state index contributed by atoms with van der Waals surface area (Å²) in [6, 6.07) is -0.712. The lowest BCUT2D eigenvalue weighted by Gasteiger charge is -2.24. The monoisotopic (exact) mass is 800 g/mol. The molecule has 3 atom stereocenters. The largest absolute Gasteiger partial charge is 0.462 e. The molecule has 1 amide bonds. The van der Waals surface area contributed by atoms with Gasteiger partial charge in [-0.3, -0.25) is 9.59 Å². The molecule has 3 N–H and O–H groups in total. The first kappa shape index (κ1) is 54.8. The first-order chi connectivity index (χ1) is 28.0. The van der Waals surface area contributed by atoms with Crippen molar-refractivity contribution in [3.05, 3.63) is 48.6 Å². The Morgan fingerprint density at radius 2 is 0.895 bits per heavy atom. The number of aliphatic hydroxyl groups is 2. The van der Waals surface area contributed by atoms with E-state index in [0.29, 0.717) is 19.3 Å². The van der Waals surface area contributed by atoms with E-state index < -0.39 is 18.2 Å². The number of esters is 1. The molecular formula is C51H93NO5. The van der Waals surface area contributed by atoms with Crippen LogP contribution >= 0.6 is 0 Å². The molecule has 0 spiro atoms. The van der Waals surface area contributed by atoms with Crippen LogP contribution in [0.4, 0.5) is 0 Å². The molecule has 57 heavy (non-hydrogen) atoms. The van der Waals surface area contributed by atoms with Gasteiger partial charge in [0, 0.05) is 6.42 Å². The molecule has 0 radical (unpaired) electrons. The lowest BCUT2D eigenvalue weighted by molar-refractivity contribution is -0.151. The molecule has 0 aromatic carbocycles. The van der Waals surface area contributed by atoms with Crippen molar-refractivity contribution in [3.8, 4) is 0 Å². The van der Waals surface area contributed by atoms with Crippen molar-refractivity contribution >= 4 is 11.9 Å². The number of unbranched alkanes of at least 4 members (excludes halogenated alkanes) is 26. The van der Waals surface area contributed by atoms with E-state index in [4.69, 9.17) is 4.74 Å². The Morgan fingerprint density at radius 3 is 1.39 bits per heavy atom. The molecule has 0 saturated carbocycles. The van der Waals surface area contributed by atoms with E-state index in [2.05, 4.69) is 68.6 Å². The van der Waals surface area contributed by atoms with E-state index in [9.17, 15) is 19.8 Å². The third kappa shape index (κ3) is 40.4. The van der Waals surface area contributed by atoms with Crippen molar-refractivity contribution in [2.75, 3.05) is 6.61 Å². The molecule has 6 nitrogen and oxygen atoms in total. The minimum Gasteiger partial charge on any atom is -0.462 e. The molecule has 3 unspecified atom stereocenters. The number of carbonyl (C=O) groups excluding carboxylic acids is 2. The molecule has 0 fully saturated rings. The average Bonchev–Trinajstić information content (AvgIpc) is 3.20. The predicted octanol–water partition coefficient (Wildman–Crippen LogP) is 14.3. The first-order valence-corrected chi connectivity index (χ1v) is 24.4. The van der Waals surface area contributed by atoms with E-state index >= 15 is 0 Å². The van der Waals surface area contributed by atoms with Gasteiger partial charge in [-0.25, -0.2) is 0 Å². The Kier molecular flexibility index (Phi) is 43.2. The summed E-state index contributed by atoms with van der Waals surface area (Å²) in [6.07, 6.45) is 53.1. The fourth-order valence-electron chi connectivity index (χ4n) is 7.27. The molecule has 332 valence electrons. The van der Waals surface area contributed by atoms with Crippen LogP contribution in [-0.2, 0) is 14.3 Å². The Balaban J connectivity index is 4.64. The summed E-state index contributed by atoms with van der Waals surface area (Å²) in [4.78, 5) is 26.0. The molecule has 0 aromatic rings. The maximum Gasteiger partial charge on any atom is 0.306 e. The van der Waals surface area contributed by atoms with E-state index in [1.807, 2.05) is 6.08 Å². The van der Waals surface area contributed by atoms with E-state index in [1.165, 1.54) is 122 Å². The third-order valence-corrected chi connectivity index (χ3v) is 11.0. The van der Waals surface area contributed by atoms with Gasteiger partial charge in [0.2, 0.25) is 5.91 Å². The van der Waals surface area contributed by atoms with Crippen LogP contribution in [0.1, 0.15) is 239 Å². The number of amides is 1. The fraction of sp³-hybridized carbons (Fsp3) is 0.804. The number of hydrogen-bond donors (Lipinski definition) is 3. The molecular weight excluding hydrogens is 707 g/mol. The Hall–Kier alpha value is -2.18. The van der Waals surface area contributed by atoms with Crippen molar-refractivity contribution in [1.82, 2.24) is 5.32 Å². The molecule has 0 aliphatic carbocycles. The third-order valence-electron chi connectivity index (χ3n) is 11.0. The zero-order chi connectivity index (χ0) is 41.7. The average molecular weight is 800 g/mol. The second kappa shape index (κ2) is 44.9. The molecule has 0 bridgehead atoms. The molecule has 0 saturated heterocycles. The Bertz CT molecular complexity index is 988. The molecule has 0 rings (SSSR count). The highest BCUT2D eigenvalue weighted by Gasteiger charge is 2.24. The minimum absolute atomic E-state index is 0.0532. The van der Waals surface area contributed by atoms with Crippen LogP contribution in [0.25, 0.3) is 0 Å². The maximum atomic E-state index is 13.1. The summed E-state index contributed by atoms with van der Waals surface area (Å²) >= 11 is 0. The Labute approximate surface area is 353 Å². The number of rotatable bonds is 43. The van der Waals surface area contributed by atoms with Gasteiger partial charge in [0.25, 0.3) is 0 Å². The van der Waals surface area contributed by atoms with Crippen LogP contribution in [-0.4, -0.2) is 46.9 Å². The summed E-state index contributed by atoms with van der Waals surface area (Å²) in [5, 5.41) is 23.7. The van der Waals surface area contributed by atoms with Crippen molar-refractivity contribution in [2.45, 2.75) is 257 Å². The number of nitrogens with one attached hydrogen (secondary N) is 1. The summed E-state index contributed by atoms with van der Waals surface area (Å²) < 4.78 is 5.89. The predicted molar refractivity (Wildman–Crippen MR) is 245 cm³/mol. The summed E-state index contributed by atoms with van der Waals surface area (Å²) in [6.45, 7) is 6.41. The van der Waals surface area contributed by atoms with Gasteiger partial charge in [-0.15, -0.1) is 0 Å². The maximum absolute atomic E-state index is 13.1. The highest BCUT2D eigenvalue weighted by Crippen LogP contribution is 2.17. The smallest absolute Gasteiger partial charge is 0.306 e. The van der Waals surface area contributed by atoms with Gasteiger partial charge in [0.1, 0.15) is 6.10 Å². The van der Waals surface area contributed by atoms with Gasteiger partial charge in [-0.1, -0.05) is 223 Å². The normalized spacial score (nSPS) is 13.7. The van der Waals surface area contributed by atoms with Gasteiger partial charge >= 0.3 is 5.97 Å². The highest BCUT2D eigenvalue weighted by atomic mass is 16.5. The number of hydrogen-bond acceptors (Lipinski definition) is 5. The lowest BCUT2D eigenvalue weighted by Crippen LogP contribution is -2.46. The first-order valence-electron chi connectivity index (χ1n) is 24.4. The van der Waals surface area contributed by atoms with Crippen LogP contribution in [0.5, 0.6) is 0 Å². The topological polar surface area (TPSA) is 95.9 Å². The van der Waals surface area contributed by atoms with E-state index in [0.717, 1.165) is 70.6 Å². The standard InChI is InChI=1S/C51H93NO5/c1-4-7-10-13-16-19-21-23-24-25-27-28-31-33-36-39-42-47(57-51(56)44-41-38-35-30-18-15-12-9-6-3)45-50(55)52-48(46-53)49(54)43-40-37-34-32-29-26-22-20-17-14-11-8-5-2/h16,19,21,23-25,27-28,47-49,53-54H,4-15,17-18,20,22,26,29-46H2,1-3H3,(H,52,55)/b19-16+,23-21+,25-24+,28-27+. The van der Waals surface area contributed by atoms with Gasteiger partial charge < -0.3 is 20.3 Å². The molecule has 0 aliphatic rings. The molecule has 0 aliphatic heterocycles. The summed E-state index contributed by atoms with van der Waals surface area (Å²) in [5.74, 6) is -0.511. The van der Waals surface area contributed by atoms with Gasteiger partial charge in [0.05, 0.1) is 25.2 Å². The second-order valence-electron chi connectivity index (χ2n) is 16.6. The fourth-order valence-corrected chi connectivity index (χ4v) is 7.27. The van der Waals surface area contributed by atoms with Crippen molar-refractivity contribution < 1.29 is 24.5 Å². The van der Waals surface area contributed by atoms with Crippen LogP contribution in [0.15, 0.2) is 48.6 Å². The van der Waals surface area contributed by atoms with Gasteiger partial charge in [-0.2, -0.15) is 0 Å². The zero-order valence-corrected chi connectivity index (χ0v) is 37.7. The van der Waals surface area contributed by atoms with Crippen LogP contribution < -0.4 is 5.32 Å². The molecule has 6 heteroatoms. The molecule has 0 heterocycles. The Morgan fingerprint density at radius 1 is 0.509 bits per heavy atom. The summed E-state index contributed by atoms with van der Waals surface area (Å²) in [5.41, 5.74) is 0. The van der Waals surface area contributed by atoms with E-state index in [1.54, 1.807) is 0 Å². The lowest BCUT2D eigenvalue weighted by atomic mass is 10.0. The molecule has 0 aromatic heterocycles. The summed E-state index contributed by atoms with van der Waals surface area (Å²) in [7, 11) is 0. The highest BCUT2D eigenvalue weighted by molar-refractivity contribution is 5.77. The van der Waals surface area contributed by atoms with Crippen LogP contribution in [0, 0.1) is 0 Å². The number of allylic oxidation sites excluding steroid dienone is 8. The van der Waals surface area contributed by atoms with Crippen molar-refractivity contribution in [2.24, 2.45) is 0 Å². The van der Waals surface area contributed by atoms with Crippen molar-refractivity contribution in [1.29, 1.82) is 0 Å². The quantitative estimate of drug-likeness (QED) is 0.0324. The number of aliphatic hydroxyl groups excluding tert-OH is 2. The van der Waals surface area contributed by atoms with Gasteiger partial charge in [-0.05, 0) is 51.4 Å². The second-order valence-corrected chi connectivity index (χ2v) is 16.6. The van der Waals surface area contributed by atoms with Crippen molar-refractivity contribution in [3.63, 3.8) is 0 Å². The number of carbonyl (C=O) groups is 2. The zero-order valence-electron chi connectivity index (χ0n) is 37.7. The van der Waals surface area contributed by atoms with Gasteiger partial charge in [0.15, 0.2) is 0 Å². The van der Waals surface area contributed by atoms with Crippen LogP contribution in [0.2, 0.25) is 0 Å².